The monoisotopic (exact) mass is 216 g/mol. The van der Waals surface area contributed by atoms with Crippen LogP contribution in [0.15, 0.2) is 0 Å². The van der Waals surface area contributed by atoms with Gasteiger partial charge in [-0.1, -0.05) is 13.8 Å². The van der Waals surface area contributed by atoms with Crippen LogP contribution < -0.4 is 10.6 Å². The molecule has 0 rings (SSSR count). The number of hydrogen-bond acceptors (Lipinski definition) is 3. The molecule has 0 saturated carbocycles. The normalized spacial score (nSPS) is 12.4. The molecule has 0 aromatic carbocycles. The molecule has 0 aromatic rings. The molecule has 0 amide bonds. The van der Waals surface area contributed by atoms with Crippen LogP contribution in [-0.2, 0) is 4.74 Å². The number of rotatable bonds is 9. The standard InChI is InChI=1S/C12H28N2O/c1-11(2)9-13-7-6-8-14-10-12(3,4)15-5/h11,13-14H,6-10H2,1-5H3. The van der Waals surface area contributed by atoms with Crippen LogP contribution in [0.25, 0.3) is 0 Å². The zero-order chi connectivity index (χ0) is 11.7. The SMILES string of the molecule is COC(C)(C)CNCCCNCC(C)C. The van der Waals surface area contributed by atoms with Gasteiger partial charge in [0.05, 0.1) is 5.60 Å². The van der Waals surface area contributed by atoms with Crippen molar-refractivity contribution in [3.8, 4) is 0 Å². The Balaban J connectivity index is 3.18. The van der Waals surface area contributed by atoms with Crippen molar-refractivity contribution >= 4 is 0 Å². The van der Waals surface area contributed by atoms with Gasteiger partial charge in [0.2, 0.25) is 0 Å². The van der Waals surface area contributed by atoms with Crippen LogP contribution in [0.1, 0.15) is 34.1 Å². The lowest BCUT2D eigenvalue weighted by Crippen LogP contribution is -2.37. The quantitative estimate of drug-likeness (QED) is 0.575. The summed E-state index contributed by atoms with van der Waals surface area (Å²) in [5.74, 6) is 0.741. The molecule has 0 heterocycles. The van der Waals surface area contributed by atoms with E-state index in [9.17, 15) is 0 Å². The summed E-state index contributed by atoms with van der Waals surface area (Å²) < 4.78 is 5.32. The summed E-state index contributed by atoms with van der Waals surface area (Å²) >= 11 is 0. The third-order valence-electron chi connectivity index (χ3n) is 2.36. The maximum absolute atomic E-state index is 5.32. The molecule has 0 fully saturated rings. The van der Waals surface area contributed by atoms with Gasteiger partial charge in [-0.05, 0) is 45.8 Å². The molecule has 0 atom stereocenters. The first kappa shape index (κ1) is 14.9. The third kappa shape index (κ3) is 10.2. The third-order valence-corrected chi connectivity index (χ3v) is 2.36. The molecule has 0 radical (unpaired) electrons. The van der Waals surface area contributed by atoms with Crippen LogP contribution in [0.2, 0.25) is 0 Å². The van der Waals surface area contributed by atoms with E-state index >= 15 is 0 Å². The minimum Gasteiger partial charge on any atom is -0.377 e. The van der Waals surface area contributed by atoms with Gasteiger partial charge in [0.1, 0.15) is 0 Å². The Morgan fingerprint density at radius 1 is 1.13 bits per heavy atom. The van der Waals surface area contributed by atoms with Crippen molar-refractivity contribution in [3.05, 3.63) is 0 Å². The number of ether oxygens (including phenoxy) is 1. The van der Waals surface area contributed by atoms with Crippen LogP contribution in [0.4, 0.5) is 0 Å². The van der Waals surface area contributed by atoms with Gasteiger partial charge < -0.3 is 15.4 Å². The Hall–Kier alpha value is -0.120. The minimum atomic E-state index is -0.0502. The molecule has 0 aromatic heterocycles. The van der Waals surface area contributed by atoms with Gasteiger partial charge in [0.15, 0.2) is 0 Å². The van der Waals surface area contributed by atoms with Crippen molar-refractivity contribution in [2.75, 3.05) is 33.3 Å². The average molecular weight is 216 g/mol. The Kier molecular flexibility index (Phi) is 8.02. The largest absolute Gasteiger partial charge is 0.377 e. The van der Waals surface area contributed by atoms with Crippen LogP contribution in [0.3, 0.4) is 0 Å². The highest BCUT2D eigenvalue weighted by molar-refractivity contribution is 4.70. The van der Waals surface area contributed by atoms with Crippen LogP contribution in [0, 0.1) is 5.92 Å². The second-order valence-electron chi connectivity index (χ2n) is 5.09. The Bertz CT molecular complexity index is 147. The van der Waals surface area contributed by atoms with Crippen molar-refractivity contribution < 1.29 is 4.74 Å². The fraction of sp³-hybridized carbons (Fsp3) is 1.00. The van der Waals surface area contributed by atoms with E-state index in [-0.39, 0.29) is 5.60 Å². The highest BCUT2D eigenvalue weighted by atomic mass is 16.5. The van der Waals surface area contributed by atoms with Gasteiger partial charge in [-0.25, -0.2) is 0 Å². The van der Waals surface area contributed by atoms with Gasteiger partial charge in [0.25, 0.3) is 0 Å². The van der Waals surface area contributed by atoms with E-state index in [0.717, 1.165) is 32.1 Å². The lowest BCUT2D eigenvalue weighted by molar-refractivity contribution is 0.0234. The highest BCUT2D eigenvalue weighted by Crippen LogP contribution is 2.04. The topological polar surface area (TPSA) is 33.3 Å². The Morgan fingerprint density at radius 2 is 1.73 bits per heavy atom. The van der Waals surface area contributed by atoms with Gasteiger partial charge in [-0.15, -0.1) is 0 Å². The summed E-state index contributed by atoms with van der Waals surface area (Å²) in [5, 5.41) is 6.82. The zero-order valence-corrected chi connectivity index (χ0v) is 11.0. The maximum atomic E-state index is 5.32. The summed E-state index contributed by atoms with van der Waals surface area (Å²) in [6, 6.07) is 0. The predicted molar refractivity (Wildman–Crippen MR) is 66.3 cm³/mol. The first-order chi connectivity index (χ1) is 6.98. The van der Waals surface area contributed by atoms with Crippen molar-refractivity contribution in [2.24, 2.45) is 5.92 Å². The number of hydrogen-bond donors (Lipinski definition) is 2. The van der Waals surface area contributed by atoms with Crippen molar-refractivity contribution in [1.29, 1.82) is 0 Å². The number of nitrogens with one attached hydrogen (secondary N) is 2. The molecule has 92 valence electrons. The molecule has 2 N–H and O–H groups in total. The Morgan fingerprint density at radius 3 is 2.27 bits per heavy atom. The van der Waals surface area contributed by atoms with Gasteiger partial charge in [-0.2, -0.15) is 0 Å². The van der Waals surface area contributed by atoms with E-state index in [2.05, 4.69) is 38.3 Å². The van der Waals surface area contributed by atoms with Crippen molar-refractivity contribution in [3.63, 3.8) is 0 Å². The molecule has 0 saturated heterocycles. The van der Waals surface area contributed by atoms with Gasteiger partial charge in [0, 0.05) is 13.7 Å². The van der Waals surface area contributed by atoms with Crippen LogP contribution >= 0.6 is 0 Å². The van der Waals surface area contributed by atoms with Gasteiger partial charge in [-0.3, -0.25) is 0 Å². The summed E-state index contributed by atoms with van der Waals surface area (Å²) in [7, 11) is 1.76. The zero-order valence-electron chi connectivity index (χ0n) is 11.0. The summed E-state index contributed by atoms with van der Waals surface area (Å²) in [5.41, 5.74) is -0.0502. The summed E-state index contributed by atoms with van der Waals surface area (Å²) in [6.07, 6.45) is 1.17. The summed E-state index contributed by atoms with van der Waals surface area (Å²) in [6.45, 7) is 12.8. The smallest absolute Gasteiger partial charge is 0.0746 e. The van der Waals surface area contributed by atoms with Crippen molar-refractivity contribution in [1.82, 2.24) is 10.6 Å². The van der Waals surface area contributed by atoms with E-state index < -0.39 is 0 Å². The van der Waals surface area contributed by atoms with Gasteiger partial charge >= 0.3 is 0 Å². The molecular formula is C12H28N2O. The van der Waals surface area contributed by atoms with E-state index in [0.29, 0.717) is 0 Å². The fourth-order valence-electron chi connectivity index (χ4n) is 1.19. The predicted octanol–water partition coefficient (Wildman–Crippen LogP) is 1.64. The molecule has 0 aliphatic rings. The maximum Gasteiger partial charge on any atom is 0.0746 e. The van der Waals surface area contributed by atoms with E-state index in [4.69, 9.17) is 4.74 Å². The molecule has 15 heavy (non-hydrogen) atoms. The molecule has 0 aliphatic carbocycles. The van der Waals surface area contributed by atoms with Crippen LogP contribution in [-0.4, -0.2) is 38.9 Å². The lowest BCUT2D eigenvalue weighted by atomic mass is 10.1. The molecule has 3 nitrogen and oxygen atoms in total. The van der Waals surface area contributed by atoms with E-state index in [1.54, 1.807) is 7.11 Å². The van der Waals surface area contributed by atoms with E-state index in [1.807, 2.05) is 0 Å². The molecule has 0 spiro atoms. The fourth-order valence-corrected chi connectivity index (χ4v) is 1.19. The first-order valence-electron chi connectivity index (χ1n) is 5.94. The lowest BCUT2D eigenvalue weighted by Gasteiger charge is -2.23. The molecular weight excluding hydrogens is 188 g/mol. The molecule has 3 heteroatoms. The average Bonchev–Trinajstić information content (AvgIpc) is 2.16. The Labute approximate surface area is 95.0 Å². The molecule has 0 aliphatic heterocycles. The number of methoxy groups -OCH3 is 1. The molecule has 0 unspecified atom stereocenters. The van der Waals surface area contributed by atoms with Crippen molar-refractivity contribution in [2.45, 2.75) is 39.7 Å². The van der Waals surface area contributed by atoms with E-state index in [1.165, 1.54) is 6.42 Å². The minimum absolute atomic E-state index is 0.0502. The second kappa shape index (κ2) is 8.08. The highest BCUT2D eigenvalue weighted by Gasteiger charge is 2.14. The first-order valence-corrected chi connectivity index (χ1v) is 5.94. The second-order valence-corrected chi connectivity index (χ2v) is 5.09. The van der Waals surface area contributed by atoms with Crippen LogP contribution in [0.5, 0.6) is 0 Å². The summed E-state index contributed by atoms with van der Waals surface area (Å²) in [4.78, 5) is 0. The molecule has 0 bridgehead atoms.